The summed E-state index contributed by atoms with van der Waals surface area (Å²) in [6.07, 6.45) is 2.54. The maximum Gasteiger partial charge on any atom is 0.220 e. The molecule has 1 atom stereocenters. The Morgan fingerprint density at radius 2 is 1.65 bits per heavy atom. The summed E-state index contributed by atoms with van der Waals surface area (Å²) in [7, 11) is 1.66. The molecule has 6 rings (SSSR count). The molecule has 1 aromatic heterocycles. The van der Waals surface area contributed by atoms with Crippen LogP contribution in [0.25, 0.3) is 10.9 Å². The van der Waals surface area contributed by atoms with E-state index in [9.17, 15) is 4.79 Å². The molecular weight excluding hydrogens is 574 g/mol. The van der Waals surface area contributed by atoms with Crippen molar-refractivity contribution in [3.05, 3.63) is 131 Å². The number of ether oxygens (including phenoxy) is 3. The molecule has 1 saturated heterocycles. The van der Waals surface area contributed by atoms with Crippen LogP contribution in [-0.2, 0) is 22.7 Å². The molecule has 4 aromatic carbocycles. The molecule has 0 radical (unpaired) electrons. The molecule has 0 bridgehead atoms. The van der Waals surface area contributed by atoms with Crippen LogP contribution < -0.4 is 14.8 Å². The highest BCUT2D eigenvalue weighted by molar-refractivity contribution is 5.87. The van der Waals surface area contributed by atoms with E-state index in [2.05, 4.69) is 82.5 Å². The van der Waals surface area contributed by atoms with Crippen LogP contribution in [-0.4, -0.2) is 61.9 Å². The molecule has 1 N–H and O–H groups in total. The van der Waals surface area contributed by atoms with Crippen LogP contribution in [0.15, 0.2) is 103 Å². The zero-order valence-corrected chi connectivity index (χ0v) is 26.8. The summed E-state index contributed by atoms with van der Waals surface area (Å²) in [4.78, 5) is 15.9. The fraction of sp³-hybridized carbons (Fsp3) is 0.308. The molecule has 1 aliphatic rings. The minimum atomic E-state index is -0.190. The summed E-state index contributed by atoms with van der Waals surface area (Å²) in [5.41, 5.74) is 6.83. The van der Waals surface area contributed by atoms with Crippen LogP contribution in [0.1, 0.15) is 40.2 Å². The number of hydrogen-bond acceptors (Lipinski definition) is 5. The summed E-state index contributed by atoms with van der Waals surface area (Å²) < 4.78 is 19.8. The maximum absolute atomic E-state index is 13.6. The van der Waals surface area contributed by atoms with Crippen molar-refractivity contribution in [1.82, 2.24) is 14.8 Å². The third-order valence-corrected chi connectivity index (χ3v) is 8.74. The van der Waals surface area contributed by atoms with Gasteiger partial charge in [-0.2, -0.15) is 0 Å². The summed E-state index contributed by atoms with van der Waals surface area (Å²) in [5.74, 6) is 1.15. The number of amides is 1. The average molecular weight is 618 g/mol. The Kier molecular flexibility index (Phi) is 10.3. The molecule has 46 heavy (non-hydrogen) atoms. The quantitative estimate of drug-likeness (QED) is 0.162. The van der Waals surface area contributed by atoms with E-state index in [1.165, 1.54) is 11.1 Å². The van der Waals surface area contributed by atoms with E-state index < -0.39 is 0 Å². The van der Waals surface area contributed by atoms with Crippen molar-refractivity contribution in [2.45, 2.75) is 32.4 Å². The Labute approximate surface area is 271 Å². The fourth-order valence-corrected chi connectivity index (χ4v) is 6.17. The van der Waals surface area contributed by atoms with Gasteiger partial charge in [0.15, 0.2) is 11.5 Å². The van der Waals surface area contributed by atoms with E-state index in [4.69, 9.17) is 14.2 Å². The number of aromatic nitrogens is 1. The Hall–Kier alpha value is -4.59. The van der Waals surface area contributed by atoms with Gasteiger partial charge in [-0.15, -0.1) is 0 Å². The van der Waals surface area contributed by atoms with Gasteiger partial charge in [0, 0.05) is 62.2 Å². The molecule has 5 aromatic rings. The average Bonchev–Trinajstić information content (AvgIpc) is 3.46. The van der Waals surface area contributed by atoms with Gasteiger partial charge in [-0.25, -0.2) is 0 Å². The van der Waals surface area contributed by atoms with Crippen molar-refractivity contribution >= 4 is 16.8 Å². The summed E-state index contributed by atoms with van der Waals surface area (Å²) in [5, 5.41) is 4.34. The predicted molar refractivity (Wildman–Crippen MR) is 183 cm³/mol. The maximum atomic E-state index is 13.6. The van der Waals surface area contributed by atoms with Gasteiger partial charge >= 0.3 is 0 Å². The van der Waals surface area contributed by atoms with Crippen LogP contribution in [0.5, 0.6) is 11.5 Å². The molecule has 7 nitrogen and oxygen atoms in total. The predicted octanol–water partition coefficient (Wildman–Crippen LogP) is 6.56. The van der Waals surface area contributed by atoms with E-state index in [0.717, 1.165) is 67.0 Å². The van der Waals surface area contributed by atoms with Gasteiger partial charge in [0.05, 0.1) is 20.3 Å². The van der Waals surface area contributed by atoms with Gasteiger partial charge in [0.25, 0.3) is 0 Å². The smallest absolute Gasteiger partial charge is 0.220 e. The van der Waals surface area contributed by atoms with Gasteiger partial charge < -0.3 is 24.1 Å². The second kappa shape index (κ2) is 15.1. The monoisotopic (exact) mass is 617 g/mol. The molecule has 1 fully saturated rings. The Bertz CT molecular complexity index is 1730. The number of carbonyl (C=O) groups is 1. The Balaban J connectivity index is 1.30. The van der Waals surface area contributed by atoms with Crippen molar-refractivity contribution in [1.29, 1.82) is 0 Å². The molecule has 1 aliphatic heterocycles. The first kappa shape index (κ1) is 31.4. The molecule has 238 valence electrons. The topological polar surface area (TPSA) is 65.0 Å². The second-order valence-corrected chi connectivity index (χ2v) is 12.0. The zero-order valence-electron chi connectivity index (χ0n) is 26.8. The molecular formula is C39H43N3O4. The molecule has 0 spiro atoms. The van der Waals surface area contributed by atoms with Crippen molar-refractivity contribution in [3.8, 4) is 11.5 Å². The summed E-state index contributed by atoms with van der Waals surface area (Å²) >= 11 is 0. The molecule has 2 heterocycles. The first-order valence-electron chi connectivity index (χ1n) is 16.1. The molecule has 0 aliphatic carbocycles. The third-order valence-electron chi connectivity index (χ3n) is 8.74. The molecule has 7 heteroatoms. The molecule has 1 amide bonds. The number of hydrogen-bond donors (Lipinski definition) is 1. The van der Waals surface area contributed by atoms with Crippen molar-refractivity contribution in [2.75, 3.05) is 46.5 Å². The van der Waals surface area contributed by atoms with E-state index in [-0.39, 0.29) is 11.8 Å². The number of aryl methyl sites for hydroxylation is 1. The van der Waals surface area contributed by atoms with Gasteiger partial charge in [-0.3, -0.25) is 9.69 Å². The lowest BCUT2D eigenvalue weighted by Crippen LogP contribution is -2.41. The lowest BCUT2D eigenvalue weighted by molar-refractivity contribution is -0.121. The number of morpholine rings is 1. The number of fused-ring (bicyclic) bond motifs is 1. The number of nitrogens with zero attached hydrogens (tertiary/aromatic N) is 2. The van der Waals surface area contributed by atoms with E-state index in [1.54, 1.807) is 7.11 Å². The fourth-order valence-electron chi connectivity index (χ4n) is 6.17. The minimum Gasteiger partial charge on any atom is -0.493 e. The minimum absolute atomic E-state index is 0.0250. The lowest BCUT2D eigenvalue weighted by atomic mass is 9.87. The standard InChI is InChI=1S/C39H43N3O4/c1-29-12-14-30(15-13-29)26-42-27-35(33-10-6-7-11-36(33)42)34(25-39(43)40-18-19-41-20-22-45-23-21-41)32-16-17-37(38(24-32)44-2)46-28-31-8-4-3-5-9-31/h3-17,24,27,34H,18-23,25-26,28H2,1-2H3,(H,40,43)/t34-/m1/s1. The van der Waals surface area contributed by atoms with Crippen LogP contribution in [0.3, 0.4) is 0 Å². The number of benzene rings is 4. The van der Waals surface area contributed by atoms with Gasteiger partial charge in [-0.1, -0.05) is 84.4 Å². The number of rotatable bonds is 13. The highest BCUT2D eigenvalue weighted by Gasteiger charge is 2.24. The normalized spacial score (nSPS) is 14.2. The summed E-state index contributed by atoms with van der Waals surface area (Å²) in [6, 6.07) is 33.3. The van der Waals surface area contributed by atoms with Gasteiger partial charge in [-0.05, 0) is 47.4 Å². The van der Waals surface area contributed by atoms with Gasteiger partial charge in [0.2, 0.25) is 5.91 Å². The highest BCUT2D eigenvalue weighted by atomic mass is 16.5. The second-order valence-electron chi connectivity index (χ2n) is 12.0. The number of methoxy groups -OCH3 is 1. The SMILES string of the molecule is COc1cc([C@@H](CC(=O)NCCN2CCOCC2)c2cn(Cc3ccc(C)cc3)c3ccccc23)ccc1OCc1ccccc1. The Morgan fingerprint density at radius 3 is 2.43 bits per heavy atom. The van der Waals surface area contributed by atoms with Crippen molar-refractivity contribution < 1.29 is 19.0 Å². The number of para-hydroxylation sites is 1. The lowest BCUT2D eigenvalue weighted by Gasteiger charge is -2.26. The number of nitrogens with one attached hydrogen (secondary N) is 1. The van der Waals surface area contributed by atoms with E-state index >= 15 is 0 Å². The van der Waals surface area contributed by atoms with Crippen molar-refractivity contribution in [3.63, 3.8) is 0 Å². The number of carbonyl (C=O) groups excluding carboxylic acids is 1. The third kappa shape index (κ3) is 7.79. The first-order valence-corrected chi connectivity index (χ1v) is 16.1. The van der Waals surface area contributed by atoms with Crippen LogP contribution in [0.4, 0.5) is 0 Å². The van der Waals surface area contributed by atoms with E-state index in [1.807, 2.05) is 42.5 Å². The van der Waals surface area contributed by atoms with Gasteiger partial charge in [0.1, 0.15) is 6.61 Å². The van der Waals surface area contributed by atoms with Crippen LogP contribution >= 0.6 is 0 Å². The van der Waals surface area contributed by atoms with Crippen LogP contribution in [0, 0.1) is 6.92 Å². The highest BCUT2D eigenvalue weighted by Crippen LogP contribution is 2.39. The molecule has 0 unspecified atom stereocenters. The summed E-state index contributed by atoms with van der Waals surface area (Å²) in [6.45, 7) is 8.01. The van der Waals surface area contributed by atoms with E-state index in [0.29, 0.717) is 31.1 Å². The Morgan fingerprint density at radius 1 is 0.891 bits per heavy atom. The largest absolute Gasteiger partial charge is 0.493 e. The van der Waals surface area contributed by atoms with Crippen LogP contribution in [0.2, 0.25) is 0 Å². The zero-order chi connectivity index (χ0) is 31.7. The first-order chi connectivity index (χ1) is 22.6. The van der Waals surface area contributed by atoms with Crippen molar-refractivity contribution in [2.24, 2.45) is 0 Å². The molecule has 0 saturated carbocycles.